The lowest BCUT2D eigenvalue weighted by Gasteiger charge is -2.34. The first-order chi connectivity index (χ1) is 15.1. The molecule has 7 nitrogen and oxygen atoms in total. The Morgan fingerprint density at radius 3 is 2.65 bits per heavy atom. The number of rotatable bonds is 6. The Balaban J connectivity index is 1.27. The van der Waals surface area contributed by atoms with Crippen molar-refractivity contribution in [1.82, 2.24) is 15.2 Å². The van der Waals surface area contributed by atoms with Gasteiger partial charge in [0.25, 0.3) is 5.91 Å². The van der Waals surface area contributed by atoms with Crippen LogP contribution in [0.15, 0.2) is 36.4 Å². The van der Waals surface area contributed by atoms with Gasteiger partial charge in [0, 0.05) is 44.8 Å². The molecular formula is C22H22ClN5O2S. The number of nitrogens with one attached hydrogen (secondary N) is 1. The van der Waals surface area contributed by atoms with Crippen molar-refractivity contribution in [2.24, 2.45) is 0 Å². The molecule has 3 aromatic rings. The van der Waals surface area contributed by atoms with E-state index in [1.54, 1.807) is 42.7 Å². The Labute approximate surface area is 189 Å². The van der Waals surface area contributed by atoms with Gasteiger partial charge in [-0.05, 0) is 36.4 Å². The minimum absolute atomic E-state index is 0.120. The molecule has 1 saturated heterocycles. The van der Waals surface area contributed by atoms with Crippen molar-refractivity contribution in [1.29, 1.82) is 5.26 Å². The van der Waals surface area contributed by atoms with Crippen molar-refractivity contribution in [2.75, 3.05) is 51.3 Å². The van der Waals surface area contributed by atoms with E-state index in [-0.39, 0.29) is 5.91 Å². The number of nitrogens with zero attached hydrogens (tertiary/aromatic N) is 4. The second kappa shape index (κ2) is 9.52. The largest absolute Gasteiger partial charge is 0.493 e. The molecular weight excluding hydrogens is 434 g/mol. The van der Waals surface area contributed by atoms with Crippen LogP contribution in [0.1, 0.15) is 15.9 Å². The van der Waals surface area contributed by atoms with E-state index < -0.39 is 0 Å². The molecule has 1 aromatic heterocycles. The van der Waals surface area contributed by atoms with Gasteiger partial charge in [-0.25, -0.2) is 4.98 Å². The Morgan fingerprint density at radius 1 is 1.23 bits per heavy atom. The molecule has 1 aliphatic rings. The molecule has 0 aliphatic carbocycles. The van der Waals surface area contributed by atoms with E-state index in [2.05, 4.69) is 21.2 Å². The average Bonchev–Trinajstić information content (AvgIpc) is 3.24. The summed E-state index contributed by atoms with van der Waals surface area (Å²) in [6, 6.07) is 12.5. The number of nitriles is 1. The number of piperazine rings is 1. The second-order valence-corrected chi connectivity index (χ2v) is 8.61. The molecule has 9 heteroatoms. The van der Waals surface area contributed by atoms with E-state index in [1.165, 1.54) is 0 Å². The summed E-state index contributed by atoms with van der Waals surface area (Å²) in [7, 11) is 1.61. The summed E-state index contributed by atoms with van der Waals surface area (Å²) in [6.45, 7) is 4.93. The normalized spacial score (nSPS) is 14.4. The van der Waals surface area contributed by atoms with E-state index in [0.29, 0.717) is 28.4 Å². The molecule has 0 spiro atoms. The molecule has 31 heavy (non-hydrogen) atoms. The zero-order chi connectivity index (χ0) is 21.8. The highest BCUT2D eigenvalue weighted by molar-refractivity contribution is 7.22. The van der Waals surface area contributed by atoms with Gasteiger partial charge in [-0.2, -0.15) is 5.26 Å². The number of amides is 1. The fourth-order valence-electron chi connectivity index (χ4n) is 3.55. The highest BCUT2D eigenvalue weighted by atomic mass is 35.5. The number of hydrogen-bond acceptors (Lipinski definition) is 7. The lowest BCUT2D eigenvalue weighted by Crippen LogP contribution is -2.48. The quantitative estimate of drug-likeness (QED) is 0.613. The van der Waals surface area contributed by atoms with E-state index in [1.807, 2.05) is 12.1 Å². The maximum absolute atomic E-state index is 12.2. The van der Waals surface area contributed by atoms with Gasteiger partial charge >= 0.3 is 0 Å². The lowest BCUT2D eigenvalue weighted by molar-refractivity contribution is 0.0948. The number of carbonyl (C=O) groups excluding carboxylic acids is 1. The zero-order valence-corrected chi connectivity index (χ0v) is 18.7. The average molecular weight is 456 g/mol. The summed E-state index contributed by atoms with van der Waals surface area (Å²) in [5.74, 6) is 0.503. The number of aromatic nitrogens is 1. The molecule has 1 fully saturated rings. The van der Waals surface area contributed by atoms with Crippen LogP contribution in [0.2, 0.25) is 5.02 Å². The molecule has 0 unspecified atom stereocenters. The number of halogens is 1. The van der Waals surface area contributed by atoms with Crippen molar-refractivity contribution in [3.63, 3.8) is 0 Å². The van der Waals surface area contributed by atoms with E-state index >= 15 is 0 Å². The molecule has 0 atom stereocenters. The first-order valence-electron chi connectivity index (χ1n) is 9.97. The number of fused-ring (bicyclic) bond motifs is 1. The molecule has 2 heterocycles. The minimum atomic E-state index is -0.120. The van der Waals surface area contributed by atoms with Crippen LogP contribution >= 0.6 is 22.9 Å². The molecule has 1 amide bonds. The van der Waals surface area contributed by atoms with Gasteiger partial charge in [-0.3, -0.25) is 9.69 Å². The standard InChI is InChI=1S/C22H22ClN5O2S/c1-30-20-17(23)6-7-18-19(20)26-22(31-18)28-12-10-27(11-13-28)9-8-25-21(29)16-4-2-15(14-24)3-5-16/h2-7H,8-13H2,1H3,(H,25,29). The second-order valence-electron chi connectivity index (χ2n) is 7.20. The number of methoxy groups -OCH3 is 1. The molecule has 4 rings (SSSR count). The highest BCUT2D eigenvalue weighted by Crippen LogP contribution is 2.38. The number of anilines is 1. The monoisotopic (exact) mass is 455 g/mol. The number of thiazole rings is 1. The van der Waals surface area contributed by atoms with Crippen LogP contribution in [0.25, 0.3) is 10.2 Å². The van der Waals surface area contributed by atoms with Gasteiger partial charge in [0.05, 0.1) is 28.5 Å². The van der Waals surface area contributed by atoms with Gasteiger partial charge in [0.1, 0.15) is 5.52 Å². The van der Waals surface area contributed by atoms with Crippen LogP contribution < -0.4 is 15.0 Å². The van der Waals surface area contributed by atoms with Crippen molar-refractivity contribution in [2.45, 2.75) is 0 Å². The third-order valence-corrected chi connectivity index (χ3v) is 6.67. The maximum Gasteiger partial charge on any atom is 0.251 e. The number of hydrogen-bond donors (Lipinski definition) is 1. The van der Waals surface area contributed by atoms with E-state index in [4.69, 9.17) is 26.6 Å². The fraction of sp³-hybridized carbons (Fsp3) is 0.318. The number of carbonyl (C=O) groups is 1. The number of ether oxygens (including phenoxy) is 1. The summed E-state index contributed by atoms with van der Waals surface area (Å²) < 4.78 is 6.48. The Morgan fingerprint density at radius 2 is 1.97 bits per heavy atom. The smallest absolute Gasteiger partial charge is 0.251 e. The topological polar surface area (TPSA) is 81.5 Å². The summed E-state index contributed by atoms with van der Waals surface area (Å²) in [5.41, 5.74) is 1.92. The lowest BCUT2D eigenvalue weighted by atomic mass is 10.1. The summed E-state index contributed by atoms with van der Waals surface area (Å²) in [4.78, 5) is 21.6. The van der Waals surface area contributed by atoms with Gasteiger partial charge in [-0.15, -0.1) is 0 Å². The van der Waals surface area contributed by atoms with Crippen LogP contribution in [-0.4, -0.2) is 62.2 Å². The van der Waals surface area contributed by atoms with Gasteiger partial charge < -0.3 is 15.0 Å². The van der Waals surface area contributed by atoms with Crippen LogP contribution in [0.4, 0.5) is 5.13 Å². The molecule has 2 aromatic carbocycles. The predicted molar refractivity (Wildman–Crippen MR) is 123 cm³/mol. The van der Waals surface area contributed by atoms with Crippen molar-refractivity contribution >= 4 is 44.2 Å². The van der Waals surface area contributed by atoms with Crippen LogP contribution in [-0.2, 0) is 0 Å². The molecule has 0 saturated carbocycles. The summed E-state index contributed by atoms with van der Waals surface area (Å²) >= 11 is 7.86. The molecule has 1 aliphatic heterocycles. The van der Waals surface area contributed by atoms with E-state index in [9.17, 15) is 4.79 Å². The van der Waals surface area contributed by atoms with E-state index in [0.717, 1.165) is 48.1 Å². The van der Waals surface area contributed by atoms with Crippen LogP contribution in [0.3, 0.4) is 0 Å². The SMILES string of the molecule is COc1c(Cl)ccc2sc(N3CCN(CCNC(=O)c4ccc(C#N)cc4)CC3)nc12. The Kier molecular flexibility index (Phi) is 6.56. The maximum atomic E-state index is 12.2. The minimum Gasteiger partial charge on any atom is -0.493 e. The Hall–Kier alpha value is -2.86. The summed E-state index contributed by atoms with van der Waals surface area (Å²) in [5, 5.41) is 13.3. The first kappa shape index (κ1) is 21.4. The third-order valence-electron chi connectivity index (χ3n) is 5.29. The molecule has 0 radical (unpaired) electrons. The van der Waals surface area contributed by atoms with Crippen molar-refractivity contribution in [3.8, 4) is 11.8 Å². The Bertz CT molecular complexity index is 1120. The van der Waals surface area contributed by atoms with Crippen LogP contribution in [0.5, 0.6) is 5.75 Å². The summed E-state index contributed by atoms with van der Waals surface area (Å²) in [6.07, 6.45) is 0. The fourth-order valence-corrected chi connectivity index (χ4v) is 4.80. The predicted octanol–water partition coefficient (Wildman–Crippen LogP) is 3.38. The zero-order valence-electron chi connectivity index (χ0n) is 17.1. The first-order valence-corrected chi connectivity index (χ1v) is 11.2. The van der Waals surface area contributed by atoms with Gasteiger partial charge in [-0.1, -0.05) is 22.9 Å². The molecule has 1 N–H and O–H groups in total. The highest BCUT2D eigenvalue weighted by Gasteiger charge is 2.21. The van der Waals surface area contributed by atoms with Crippen LogP contribution in [0, 0.1) is 11.3 Å². The molecule has 160 valence electrons. The third kappa shape index (κ3) is 4.74. The van der Waals surface area contributed by atoms with Crippen molar-refractivity contribution < 1.29 is 9.53 Å². The number of benzene rings is 2. The van der Waals surface area contributed by atoms with Gasteiger partial charge in [0.15, 0.2) is 10.9 Å². The van der Waals surface area contributed by atoms with Crippen molar-refractivity contribution in [3.05, 3.63) is 52.5 Å². The van der Waals surface area contributed by atoms with Gasteiger partial charge in [0.2, 0.25) is 0 Å². The molecule has 0 bridgehead atoms.